The first-order valence-electron chi connectivity index (χ1n) is 11.2. The van der Waals surface area contributed by atoms with Crippen LogP contribution in [0.5, 0.6) is 0 Å². The number of hydrogen-bond acceptors (Lipinski definition) is 5. The van der Waals surface area contributed by atoms with Crippen LogP contribution in [0.2, 0.25) is 0 Å². The Morgan fingerprint density at radius 3 is 2.68 bits per heavy atom. The second-order valence-electron chi connectivity index (χ2n) is 8.71. The van der Waals surface area contributed by atoms with Crippen LogP contribution in [0.3, 0.4) is 0 Å². The van der Waals surface area contributed by atoms with Crippen molar-refractivity contribution < 1.29 is 18.4 Å². The Balaban J connectivity index is 1.57. The minimum atomic E-state index is -0.693. The van der Waals surface area contributed by atoms with Gasteiger partial charge in [0.05, 0.1) is 6.26 Å². The predicted molar refractivity (Wildman–Crippen MR) is 125 cm³/mol. The topological polar surface area (TPSA) is 84.2 Å². The molecule has 2 aromatic heterocycles. The van der Waals surface area contributed by atoms with Crippen LogP contribution >= 0.6 is 0 Å². The number of carbonyl (C=O) groups excluding carboxylic acids is 2. The average molecular weight is 458 g/mol. The number of allylic oxidation sites excluding steroid dienone is 3. The van der Waals surface area contributed by atoms with Crippen LogP contribution in [-0.4, -0.2) is 16.7 Å². The smallest absolute Gasteiger partial charge is 0.255 e. The number of benzene rings is 1. The van der Waals surface area contributed by atoms with E-state index in [1.54, 1.807) is 37.5 Å². The van der Waals surface area contributed by atoms with Gasteiger partial charge in [0.25, 0.3) is 5.91 Å². The summed E-state index contributed by atoms with van der Waals surface area (Å²) in [6.07, 6.45) is 2.42. The van der Waals surface area contributed by atoms with Gasteiger partial charge in [-0.2, -0.15) is 0 Å². The summed E-state index contributed by atoms with van der Waals surface area (Å²) < 4.78 is 19.8. The van der Waals surface area contributed by atoms with Gasteiger partial charge >= 0.3 is 0 Å². The minimum absolute atomic E-state index is 0.0871. The van der Waals surface area contributed by atoms with Crippen LogP contribution in [0.25, 0.3) is 0 Å². The maximum absolute atomic E-state index is 14.3. The van der Waals surface area contributed by atoms with Crippen molar-refractivity contribution in [1.82, 2.24) is 10.3 Å². The van der Waals surface area contributed by atoms with Crippen LogP contribution in [0.1, 0.15) is 48.6 Å². The number of aromatic nitrogens is 1. The molecule has 0 spiro atoms. The van der Waals surface area contributed by atoms with Crippen molar-refractivity contribution in [3.63, 3.8) is 0 Å². The summed E-state index contributed by atoms with van der Waals surface area (Å²) in [6.45, 7) is 3.64. The third-order valence-corrected chi connectivity index (χ3v) is 6.33. The molecule has 1 aromatic carbocycles. The maximum atomic E-state index is 14.3. The van der Waals surface area contributed by atoms with Crippen molar-refractivity contribution in [2.75, 3.05) is 5.32 Å². The van der Waals surface area contributed by atoms with Crippen molar-refractivity contribution in [3.05, 3.63) is 106 Å². The molecule has 0 saturated carbocycles. The highest BCUT2D eigenvalue weighted by Crippen LogP contribution is 2.45. The molecule has 3 heterocycles. The second kappa shape index (κ2) is 8.74. The lowest BCUT2D eigenvalue weighted by molar-refractivity contribution is -0.116. The van der Waals surface area contributed by atoms with Crippen molar-refractivity contribution >= 4 is 17.5 Å². The first-order valence-corrected chi connectivity index (χ1v) is 11.2. The lowest BCUT2D eigenvalue weighted by Gasteiger charge is -2.36. The van der Waals surface area contributed by atoms with E-state index in [0.717, 1.165) is 17.2 Å². The summed E-state index contributed by atoms with van der Waals surface area (Å²) in [4.78, 5) is 31.3. The monoisotopic (exact) mass is 457 g/mol. The van der Waals surface area contributed by atoms with Crippen molar-refractivity contribution in [3.8, 4) is 0 Å². The van der Waals surface area contributed by atoms with Gasteiger partial charge in [-0.3, -0.25) is 9.59 Å². The Kier molecular flexibility index (Phi) is 5.61. The van der Waals surface area contributed by atoms with Crippen LogP contribution < -0.4 is 10.6 Å². The van der Waals surface area contributed by atoms with E-state index in [4.69, 9.17) is 4.42 Å². The standard InChI is InChI=1S/C27H24FN3O3/c1-15-6-3-10-23(29-15)31-27(33)24-16(2)30-20-13-18(22-9-5-11-34-22)14-21(32)26(20)25(24)17-7-4-8-19(28)12-17/h3-12,18,25,30H,13-14H2,1-2H3,(H,29,31,33)/t18-,25+/m0/s1. The number of amides is 1. The molecule has 1 amide bonds. The summed E-state index contributed by atoms with van der Waals surface area (Å²) in [7, 11) is 0. The lowest BCUT2D eigenvalue weighted by atomic mass is 9.72. The van der Waals surface area contributed by atoms with Crippen LogP contribution in [0.4, 0.5) is 10.2 Å². The van der Waals surface area contributed by atoms with Gasteiger partial charge in [0.1, 0.15) is 17.4 Å². The van der Waals surface area contributed by atoms with Crippen LogP contribution in [0.15, 0.2) is 87.8 Å². The maximum Gasteiger partial charge on any atom is 0.255 e. The molecule has 34 heavy (non-hydrogen) atoms. The van der Waals surface area contributed by atoms with Gasteiger partial charge in [-0.1, -0.05) is 18.2 Å². The van der Waals surface area contributed by atoms with Crippen LogP contribution in [-0.2, 0) is 9.59 Å². The molecule has 0 fully saturated rings. The molecule has 7 heteroatoms. The van der Waals surface area contributed by atoms with E-state index < -0.39 is 11.7 Å². The molecule has 2 atom stereocenters. The molecule has 0 saturated heterocycles. The fourth-order valence-corrected chi connectivity index (χ4v) is 4.88. The molecule has 3 aromatic rings. The van der Waals surface area contributed by atoms with Crippen molar-refractivity contribution in [1.29, 1.82) is 0 Å². The van der Waals surface area contributed by atoms with E-state index in [2.05, 4.69) is 15.6 Å². The van der Waals surface area contributed by atoms with Crippen molar-refractivity contribution in [2.45, 2.75) is 38.5 Å². The zero-order valence-electron chi connectivity index (χ0n) is 18.9. The van der Waals surface area contributed by atoms with Crippen LogP contribution in [0, 0.1) is 12.7 Å². The number of pyridine rings is 1. The molecule has 1 aliphatic heterocycles. The Morgan fingerprint density at radius 1 is 1.12 bits per heavy atom. The number of anilines is 1. The van der Waals surface area contributed by atoms with E-state index in [-0.39, 0.29) is 24.0 Å². The van der Waals surface area contributed by atoms with Gasteiger partial charge in [-0.05, 0) is 62.2 Å². The van der Waals surface area contributed by atoms with E-state index in [1.165, 1.54) is 12.1 Å². The van der Waals surface area contributed by atoms with E-state index in [9.17, 15) is 14.0 Å². The largest absolute Gasteiger partial charge is 0.469 e. The van der Waals surface area contributed by atoms with Gasteiger partial charge in [-0.15, -0.1) is 0 Å². The number of halogens is 1. The summed E-state index contributed by atoms with van der Waals surface area (Å²) in [5, 5.41) is 6.15. The summed E-state index contributed by atoms with van der Waals surface area (Å²) in [5.41, 5.74) is 3.56. The highest BCUT2D eigenvalue weighted by atomic mass is 19.1. The number of aryl methyl sites for hydroxylation is 1. The SMILES string of the molecule is CC1=C(C(=O)Nc2cccc(C)n2)[C@@H](c2cccc(F)c2)C2=C(C[C@H](c3ccco3)CC2=O)N1. The number of nitrogens with zero attached hydrogens (tertiary/aromatic N) is 1. The van der Waals surface area contributed by atoms with E-state index in [0.29, 0.717) is 34.6 Å². The molecule has 172 valence electrons. The Morgan fingerprint density at radius 2 is 1.94 bits per heavy atom. The summed E-state index contributed by atoms with van der Waals surface area (Å²) in [6, 6.07) is 15.1. The first-order chi connectivity index (χ1) is 16.4. The zero-order valence-corrected chi connectivity index (χ0v) is 18.9. The third kappa shape index (κ3) is 4.05. The molecule has 0 radical (unpaired) electrons. The quantitative estimate of drug-likeness (QED) is 0.568. The van der Waals surface area contributed by atoms with Gasteiger partial charge in [0.15, 0.2) is 5.78 Å². The number of rotatable bonds is 4. The predicted octanol–water partition coefficient (Wildman–Crippen LogP) is 5.12. The molecule has 5 rings (SSSR count). The van der Waals surface area contributed by atoms with Gasteiger partial charge in [-0.25, -0.2) is 9.37 Å². The molecule has 0 unspecified atom stereocenters. The number of hydrogen-bond donors (Lipinski definition) is 2. The van der Waals surface area contributed by atoms with E-state index in [1.807, 2.05) is 25.1 Å². The Hall–Kier alpha value is -4.00. The fraction of sp³-hybridized carbons (Fsp3) is 0.222. The number of dihydropyridines is 1. The van der Waals surface area contributed by atoms with E-state index >= 15 is 0 Å². The first kappa shape index (κ1) is 21.8. The number of furan rings is 1. The normalized spacial score (nSPS) is 20.1. The summed E-state index contributed by atoms with van der Waals surface area (Å²) >= 11 is 0. The zero-order chi connectivity index (χ0) is 23.8. The highest BCUT2D eigenvalue weighted by Gasteiger charge is 2.41. The third-order valence-electron chi connectivity index (χ3n) is 6.33. The van der Waals surface area contributed by atoms with Gasteiger partial charge in [0.2, 0.25) is 0 Å². The molecular formula is C27H24FN3O3. The molecular weight excluding hydrogens is 433 g/mol. The number of carbonyl (C=O) groups is 2. The summed E-state index contributed by atoms with van der Waals surface area (Å²) in [5.74, 6) is -0.521. The van der Waals surface area contributed by atoms with Gasteiger partial charge < -0.3 is 15.1 Å². The molecule has 0 bridgehead atoms. The fourth-order valence-electron chi connectivity index (χ4n) is 4.88. The second-order valence-corrected chi connectivity index (χ2v) is 8.71. The molecule has 1 aliphatic carbocycles. The number of nitrogens with one attached hydrogen (secondary N) is 2. The lowest BCUT2D eigenvalue weighted by Crippen LogP contribution is -2.37. The number of Topliss-reactive ketones (excluding diaryl/α,β-unsaturated/α-hetero) is 1. The molecule has 2 aliphatic rings. The minimum Gasteiger partial charge on any atom is -0.469 e. The highest BCUT2D eigenvalue weighted by molar-refractivity contribution is 6.09. The Bertz CT molecular complexity index is 1340. The van der Waals surface area contributed by atoms with Crippen molar-refractivity contribution in [2.24, 2.45) is 0 Å². The Labute approximate surface area is 196 Å². The average Bonchev–Trinajstić information content (AvgIpc) is 3.33. The number of ketones is 1. The molecule has 6 nitrogen and oxygen atoms in total. The molecule has 2 N–H and O–H groups in total. The van der Waals surface area contributed by atoms with Gasteiger partial charge in [0, 0.05) is 46.5 Å².